The zero-order valence-electron chi connectivity index (χ0n) is 9.51. The lowest BCUT2D eigenvalue weighted by atomic mass is 10.3. The van der Waals surface area contributed by atoms with Crippen molar-refractivity contribution in [2.75, 3.05) is 5.73 Å². The molecule has 0 unspecified atom stereocenters. The highest BCUT2D eigenvalue weighted by molar-refractivity contribution is 7.07. The van der Waals surface area contributed by atoms with Gasteiger partial charge in [0.15, 0.2) is 5.69 Å². The van der Waals surface area contributed by atoms with E-state index < -0.39 is 0 Å². The van der Waals surface area contributed by atoms with Crippen molar-refractivity contribution in [1.82, 2.24) is 15.1 Å². The van der Waals surface area contributed by atoms with Gasteiger partial charge in [-0.25, -0.2) is 0 Å². The first-order valence-electron chi connectivity index (χ1n) is 5.33. The Morgan fingerprint density at radius 1 is 1.65 bits per heavy atom. The Labute approximate surface area is 103 Å². The Bertz CT molecular complexity index is 504. The van der Waals surface area contributed by atoms with E-state index in [2.05, 4.69) is 10.4 Å². The molecule has 0 aliphatic carbocycles. The molecule has 0 saturated carbocycles. The minimum absolute atomic E-state index is 0.235. The third-order valence-corrected chi connectivity index (χ3v) is 3.09. The quantitative estimate of drug-likeness (QED) is 0.863. The third kappa shape index (κ3) is 2.65. The molecule has 0 atom stereocenters. The van der Waals surface area contributed by atoms with E-state index in [1.54, 1.807) is 22.2 Å². The number of nitrogens with zero attached hydrogens (tertiary/aromatic N) is 2. The van der Waals surface area contributed by atoms with E-state index in [0.29, 0.717) is 24.5 Å². The number of amides is 1. The van der Waals surface area contributed by atoms with E-state index in [9.17, 15) is 4.79 Å². The second-order valence-electron chi connectivity index (χ2n) is 3.60. The second-order valence-corrected chi connectivity index (χ2v) is 4.38. The summed E-state index contributed by atoms with van der Waals surface area (Å²) in [5, 5.41) is 10.9. The highest BCUT2D eigenvalue weighted by atomic mass is 32.1. The number of hydrogen-bond donors (Lipinski definition) is 2. The molecule has 0 aliphatic heterocycles. The highest BCUT2D eigenvalue weighted by Gasteiger charge is 2.13. The fraction of sp³-hybridized carbons (Fsp3) is 0.273. The lowest BCUT2D eigenvalue weighted by Crippen LogP contribution is -2.24. The van der Waals surface area contributed by atoms with Crippen molar-refractivity contribution in [2.45, 2.75) is 20.0 Å². The number of aromatic nitrogens is 2. The van der Waals surface area contributed by atoms with E-state index in [0.717, 1.165) is 5.56 Å². The highest BCUT2D eigenvalue weighted by Crippen LogP contribution is 2.10. The van der Waals surface area contributed by atoms with Gasteiger partial charge in [-0.2, -0.15) is 16.4 Å². The van der Waals surface area contributed by atoms with Gasteiger partial charge in [0.25, 0.3) is 5.91 Å². The number of carbonyl (C=O) groups excluding carboxylic acids is 1. The first-order chi connectivity index (χ1) is 8.20. The fourth-order valence-corrected chi connectivity index (χ4v) is 2.10. The molecule has 17 heavy (non-hydrogen) atoms. The minimum Gasteiger partial charge on any atom is -0.396 e. The number of nitrogens with one attached hydrogen (secondary N) is 1. The second kappa shape index (κ2) is 5.01. The number of thiophene rings is 1. The van der Waals surface area contributed by atoms with E-state index >= 15 is 0 Å². The van der Waals surface area contributed by atoms with Gasteiger partial charge in [0.1, 0.15) is 0 Å². The van der Waals surface area contributed by atoms with Crippen LogP contribution < -0.4 is 11.1 Å². The standard InChI is InChI=1S/C11H14N4OS/c1-2-15-6-9(12)10(14-15)11(16)13-5-8-3-4-17-7-8/h3-4,6-7H,2,5,12H2,1H3,(H,13,16). The predicted molar refractivity (Wildman–Crippen MR) is 67.8 cm³/mol. The van der Waals surface area contributed by atoms with Crippen LogP contribution >= 0.6 is 11.3 Å². The van der Waals surface area contributed by atoms with E-state index in [4.69, 9.17) is 5.73 Å². The molecule has 5 nitrogen and oxygen atoms in total. The molecule has 6 heteroatoms. The lowest BCUT2D eigenvalue weighted by Gasteiger charge is -2.01. The van der Waals surface area contributed by atoms with Crippen LogP contribution in [0.1, 0.15) is 23.0 Å². The maximum Gasteiger partial charge on any atom is 0.274 e. The van der Waals surface area contributed by atoms with Gasteiger partial charge in [-0.05, 0) is 29.3 Å². The number of aryl methyl sites for hydroxylation is 1. The first-order valence-corrected chi connectivity index (χ1v) is 6.27. The Kier molecular flexibility index (Phi) is 3.43. The van der Waals surface area contributed by atoms with Gasteiger partial charge >= 0.3 is 0 Å². The van der Waals surface area contributed by atoms with E-state index in [-0.39, 0.29) is 5.91 Å². The molecule has 2 rings (SSSR count). The summed E-state index contributed by atoms with van der Waals surface area (Å²) in [6.45, 7) is 3.14. The van der Waals surface area contributed by atoms with Crippen LogP contribution in [0, 0.1) is 0 Å². The summed E-state index contributed by atoms with van der Waals surface area (Å²) < 4.78 is 1.65. The largest absolute Gasteiger partial charge is 0.396 e. The van der Waals surface area contributed by atoms with Crippen LogP contribution in [0.5, 0.6) is 0 Å². The van der Waals surface area contributed by atoms with Crippen molar-refractivity contribution in [3.63, 3.8) is 0 Å². The Morgan fingerprint density at radius 2 is 2.47 bits per heavy atom. The molecule has 2 aromatic heterocycles. The summed E-state index contributed by atoms with van der Waals surface area (Å²) in [4.78, 5) is 11.8. The summed E-state index contributed by atoms with van der Waals surface area (Å²) in [6, 6.07) is 1.97. The smallest absolute Gasteiger partial charge is 0.274 e. The lowest BCUT2D eigenvalue weighted by molar-refractivity contribution is 0.0946. The van der Waals surface area contributed by atoms with E-state index in [1.807, 2.05) is 23.8 Å². The Hall–Kier alpha value is -1.82. The molecule has 0 saturated heterocycles. The first kappa shape index (κ1) is 11.7. The van der Waals surface area contributed by atoms with E-state index in [1.165, 1.54) is 0 Å². The summed E-state index contributed by atoms with van der Waals surface area (Å²) in [6.07, 6.45) is 1.67. The molecule has 3 N–H and O–H groups in total. The molecule has 0 bridgehead atoms. The third-order valence-electron chi connectivity index (χ3n) is 2.36. The van der Waals surface area contributed by atoms with Crippen LogP contribution in [-0.2, 0) is 13.1 Å². The number of anilines is 1. The van der Waals surface area contributed by atoms with Crippen molar-refractivity contribution in [3.05, 3.63) is 34.3 Å². The molecular weight excluding hydrogens is 236 g/mol. The molecule has 0 radical (unpaired) electrons. The molecule has 1 amide bonds. The van der Waals surface area contributed by atoms with Gasteiger partial charge in [-0.3, -0.25) is 9.48 Å². The summed E-state index contributed by atoms with van der Waals surface area (Å²) in [5.74, 6) is -0.235. The van der Waals surface area contributed by atoms with Crippen LogP contribution in [0.2, 0.25) is 0 Å². The van der Waals surface area contributed by atoms with Crippen molar-refractivity contribution < 1.29 is 4.79 Å². The van der Waals surface area contributed by atoms with Crippen LogP contribution in [-0.4, -0.2) is 15.7 Å². The van der Waals surface area contributed by atoms with Crippen molar-refractivity contribution in [2.24, 2.45) is 0 Å². The summed E-state index contributed by atoms with van der Waals surface area (Å²) in [5.41, 5.74) is 7.51. The Balaban J connectivity index is 2.01. The summed E-state index contributed by atoms with van der Waals surface area (Å²) in [7, 11) is 0. The van der Waals surface area contributed by atoms with Crippen LogP contribution in [0.25, 0.3) is 0 Å². The zero-order chi connectivity index (χ0) is 12.3. The summed E-state index contributed by atoms with van der Waals surface area (Å²) >= 11 is 1.60. The number of hydrogen-bond acceptors (Lipinski definition) is 4. The maximum absolute atomic E-state index is 11.8. The average Bonchev–Trinajstić information content (AvgIpc) is 2.94. The Morgan fingerprint density at radius 3 is 3.06 bits per heavy atom. The van der Waals surface area contributed by atoms with Gasteiger partial charge in [-0.1, -0.05) is 0 Å². The van der Waals surface area contributed by atoms with Gasteiger partial charge in [0, 0.05) is 19.3 Å². The molecule has 0 aliphatic rings. The monoisotopic (exact) mass is 250 g/mol. The molecule has 2 heterocycles. The molecule has 0 fully saturated rings. The van der Waals surface area contributed by atoms with Crippen LogP contribution in [0.15, 0.2) is 23.0 Å². The van der Waals surface area contributed by atoms with Crippen molar-refractivity contribution >= 4 is 22.9 Å². The van der Waals surface area contributed by atoms with Crippen molar-refractivity contribution in [1.29, 1.82) is 0 Å². The van der Waals surface area contributed by atoms with Gasteiger partial charge in [-0.15, -0.1) is 0 Å². The molecule has 0 aromatic carbocycles. The SMILES string of the molecule is CCn1cc(N)c(C(=O)NCc2ccsc2)n1. The number of nitrogens with two attached hydrogens (primary N) is 1. The normalized spacial score (nSPS) is 10.4. The van der Waals surface area contributed by atoms with Crippen molar-refractivity contribution in [3.8, 4) is 0 Å². The van der Waals surface area contributed by atoms with Gasteiger partial charge in [0.2, 0.25) is 0 Å². The van der Waals surface area contributed by atoms with Crippen LogP contribution in [0.4, 0.5) is 5.69 Å². The fourth-order valence-electron chi connectivity index (χ4n) is 1.43. The number of carbonyl (C=O) groups is 1. The maximum atomic E-state index is 11.8. The number of nitrogen functional groups attached to an aromatic ring is 1. The topological polar surface area (TPSA) is 72.9 Å². The minimum atomic E-state index is -0.235. The molecule has 0 spiro atoms. The number of rotatable bonds is 4. The van der Waals surface area contributed by atoms with Gasteiger partial charge in [0.05, 0.1) is 5.69 Å². The van der Waals surface area contributed by atoms with Crippen LogP contribution in [0.3, 0.4) is 0 Å². The molecule has 2 aromatic rings. The zero-order valence-corrected chi connectivity index (χ0v) is 10.3. The molecular formula is C11H14N4OS. The molecule has 90 valence electrons. The predicted octanol–water partition coefficient (Wildman–Crippen LogP) is 1.48. The van der Waals surface area contributed by atoms with Gasteiger partial charge < -0.3 is 11.1 Å². The average molecular weight is 250 g/mol.